The Balaban J connectivity index is 2.36. The van der Waals surface area contributed by atoms with Gasteiger partial charge in [0.15, 0.2) is 0 Å². The Morgan fingerprint density at radius 3 is 2.86 bits per heavy atom. The van der Waals surface area contributed by atoms with Gasteiger partial charge in [0.2, 0.25) is 11.8 Å². The number of hydrogen-bond donors (Lipinski definition) is 3. The van der Waals surface area contributed by atoms with Gasteiger partial charge in [0, 0.05) is 18.8 Å². The van der Waals surface area contributed by atoms with E-state index in [0.29, 0.717) is 6.54 Å². The van der Waals surface area contributed by atoms with Gasteiger partial charge in [-0.05, 0) is 6.92 Å². The molecule has 1 fully saturated rings. The minimum atomic E-state index is -0.593. The SMILES string of the molecule is C[C@@H](NC(=O)C1CNCCS1)C(N)=O. The lowest BCUT2D eigenvalue weighted by molar-refractivity contribution is -0.126. The summed E-state index contributed by atoms with van der Waals surface area (Å²) in [6.45, 7) is 3.17. The molecule has 0 radical (unpaired) electrons. The smallest absolute Gasteiger partial charge is 0.239 e. The van der Waals surface area contributed by atoms with Crippen LogP contribution in [0, 0.1) is 0 Å². The lowest BCUT2D eigenvalue weighted by Gasteiger charge is -2.22. The van der Waals surface area contributed by atoms with Crippen molar-refractivity contribution < 1.29 is 9.59 Å². The highest BCUT2D eigenvalue weighted by Crippen LogP contribution is 2.13. The summed E-state index contributed by atoms with van der Waals surface area (Å²) in [5.74, 6) is 0.295. The van der Waals surface area contributed by atoms with Crippen LogP contribution in [0.2, 0.25) is 0 Å². The molecule has 0 spiro atoms. The van der Waals surface area contributed by atoms with Crippen molar-refractivity contribution in [1.82, 2.24) is 10.6 Å². The third-order valence-corrected chi connectivity index (χ3v) is 3.23. The zero-order chi connectivity index (χ0) is 10.6. The number of carbonyl (C=O) groups excluding carboxylic acids is 2. The van der Waals surface area contributed by atoms with Crippen LogP contribution in [0.15, 0.2) is 0 Å². The summed E-state index contributed by atoms with van der Waals surface area (Å²) in [6, 6.07) is -0.593. The van der Waals surface area contributed by atoms with Crippen LogP contribution in [0.4, 0.5) is 0 Å². The molecule has 1 aliphatic heterocycles. The van der Waals surface area contributed by atoms with Gasteiger partial charge in [0.25, 0.3) is 0 Å². The predicted molar refractivity (Wildman–Crippen MR) is 55.9 cm³/mol. The summed E-state index contributed by atoms with van der Waals surface area (Å²) >= 11 is 1.60. The van der Waals surface area contributed by atoms with Crippen LogP contribution in [-0.2, 0) is 9.59 Å². The van der Waals surface area contributed by atoms with Crippen molar-refractivity contribution in [1.29, 1.82) is 0 Å². The fraction of sp³-hybridized carbons (Fsp3) is 0.750. The molecule has 80 valence electrons. The molecule has 0 aromatic carbocycles. The Kier molecular flexibility index (Phi) is 4.21. The van der Waals surface area contributed by atoms with Crippen molar-refractivity contribution in [3.8, 4) is 0 Å². The van der Waals surface area contributed by atoms with Crippen LogP contribution in [0.25, 0.3) is 0 Å². The van der Waals surface area contributed by atoms with Gasteiger partial charge in [-0.3, -0.25) is 9.59 Å². The van der Waals surface area contributed by atoms with Gasteiger partial charge in [0.05, 0.1) is 5.25 Å². The second-order valence-electron chi connectivity index (χ2n) is 3.20. The van der Waals surface area contributed by atoms with Crippen LogP contribution in [-0.4, -0.2) is 41.9 Å². The molecule has 0 aromatic rings. The highest BCUT2D eigenvalue weighted by Gasteiger charge is 2.23. The first-order valence-electron chi connectivity index (χ1n) is 4.53. The molecule has 2 amide bonds. The normalized spacial score (nSPS) is 23.9. The van der Waals surface area contributed by atoms with E-state index >= 15 is 0 Å². The molecule has 0 bridgehead atoms. The minimum Gasteiger partial charge on any atom is -0.368 e. The number of primary amides is 1. The van der Waals surface area contributed by atoms with E-state index in [1.165, 1.54) is 0 Å². The lowest BCUT2D eigenvalue weighted by Crippen LogP contribution is -2.49. The van der Waals surface area contributed by atoms with Gasteiger partial charge in [-0.1, -0.05) is 0 Å². The summed E-state index contributed by atoms with van der Waals surface area (Å²) in [4.78, 5) is 22.2. The maximum atomic E-state index is 11.5. The summed E-state index contributed by atoms with van der Waals surface area (Å²) in [5, 5.41) is 5.59. The highest BCUT2D eigenvalue weighted by atomic mass is 32.2. The molecule has 2 atom stereocenters. The first-order chi connectivity index (χ1) is 6.61. The number of thioether (sulfide) groups is 1. The van der Waals surface area contributed by atoms with E-state index in [9.17, 15) is 9.59 Å². The van der Waals surface area contributed by atoms with Gasteiger partial charge >= 0.3 is 0 Å². The fourth-order valence-corrected chi connectivity index (χ4v) is 2.11. The topological polar surface area (TPSA) is 84.2 Å². The molecule has 0 aliphatic carbocycles. The van der Waals surface area contributed by atoms with Crippen molar-refractivity contribution in [3.05, 3.63) is 0 Å². The first-order valence-corrected chi connectivity index (χ1v) is 5.58. The quantitative estimate of drug-likeness (QED) is 0.547. The first kappa shape index (κ1) is 11.3. The maximum absolute atomic E-state index is 11.5. The molecule has 1 rings (SSSR count). The second kappa shape index (κ2) is 5.21. The Morgan fingerprint density at radius 1 is 1.64 bits per heavy atom. The van der Waals surface area contributed by atoms with Crippen molar-refractivity contribution in [2.45, 2.75) is 18.2 Å². The van der Waals surface area contributed by atoms with Gasteiger partial charge < -0.3 is 16.4 Å². The van der Waals surface area contributed by atoms with E-state index in [1.54, 1.807) is 18.7 Å². The van der Waals surface area contributed by atoms with Gasteiger partial charge in [-0.25, -0.2) is 0 Å². The molecule has 1 unspecified atom stereocenters. The summed E-state index contributed by atoms with van der Waals surface area (Å²) in [5.41, 5.74) is 5.04. The van der Waals surface area contributed by atoms with Crippen molar-refractivity contribution >= 4 is 23.6 Å². The van der Waals surface area contributed by atoms with E-state index < -0.39 is 11.9 Å². The minimum absolute atomic E-state index is 0.106. The van der Waals surface area contributed by atoms with E-state index in [-0.39, 0.29) is 11.2 Å². The highest BCUT2D eigenvalue weighted by molar-refractivity contribution is 8.00. The van der Waals surface area contributed by atoms with Gasteiger partial charge in [-0.2, -0.15) is 0 Å². The standard InChI is InChI=1S/C8H15N3O2S/c1-5(7(9)12)11-8(13)6-4-10-2-3-14-6/h5-6,10H,2-4H2,1H3,(H2,9,12)(H,11,13)/t5-,6?/m1/s1. The van der Waals surface area contributed by atoms with Crippen LogP contribution in [0.3, 0.4) is 0 Å². The molecular weight excluding hydrogens is 202 g/mol. The molecule has 0 aromatic heterocycles. The van der Waals surface area contributed by atoms with Crippen LogP contribution in [0.1, 0.15) is 6.92 Å². The Hall–Kier alpha value is -0.750. The maximum Gasteiger partial charge on any atom is 0.239 e. The molecule has 1 saturated heterocycles. The fourth-order valence-electron chi connectivity index (χ4n) is 1.11. The molecule has 1 heterocycles. The summed E-state index contributed by atoms with van der Waals surface area (Å²) in [6.07, 6.45) is 0. The number of hydrogen-bond acceptors (Lipinski definition) is 4. The zero-order valence-corrected chi connectivity index (χ0v) is 8.89. The number of amides is 2. The zero-order valence-electron chi connectivity index (χ0n) is 8.08. The summed E-state index contributed by atoms with van der Waals surface area (Å²) in [7, 11) is 0. The third kappa shape index (κ3) is 3.19. The largest absolute Gasteiger partial charge is 0.368 e. The van der Waals surface area contributed by atoms with E-state index in [2.05, 4.69) is 10.6 Å². The van der Waals surface area contributed by atoms with Crippen molar-refractivity contribution in [2.75, 3.05) is 18.8 Å². The average Bonchev–Trinajstić information content (AvgIpc) is 2.19. The van der Waals surface area contributed by atoms with Gasteiger partial charge in [0.1, 0.15) is 6.04 Å². The van der Waals surface area contributed by atoms with E-state index in [4.69, 9.17) is 5.73 Å². The van der Waals surface area contributed by atoms with Crippen LogP contribution < -0.4 is 16.4 Å². The number of nitrogens with two attached hydrogens (primary N) is 1. The number of nitrogens with one attached hydrogen (secondary N) is 2. The monoisotopic (exact) mass is 217 g/mol. The van der Waals surface area contributed by atoms with Crippen molar-refractivity contribution in [3.63, 3.8) is 0 Å². The number of rotatable bonds is 3. The Morgan fingerprint density at radius 2 is 2.36 bits per heavy atom. The van der Waals surface area contributed by atoms with Crippen LogP contribution in [0.5, 0.6) is 0 Å². The molecule has 5 nitrogen and oxygen atoms in total. The second-order valence-corrected chi connectivity index (χ2v) is 4.51. The average molecular weight is 217 g/mol. The Bertz CT molecular complexity index is 229. The molecule has 4 N–H and O–H groups in total. The lowest BCUT2D eigenvalue weighted by atomic mass is 10.3. The van der Waals surface area contributed by atoms with Crippen LogP contribution >= 0.6 is 11.8 Å². The number of carbonyl (C=O) groups is 2. The third-order valence-electron chi connectivity index (χ3n) is 2.01. The van der Waals surface area contributed by atoms with Gasteiger partial charge in [-0.15, -0.1) is 11.8 Å². The molecule has 14 heavy (non-hydrogen) atoms. The molecule has 6 heteroatoms. The summed E-state index contributed by atoms with van der Waals surface area (Å²) < 4.78 is 0. The Labute approximate surface area is 87.2 Å². The van der Waals surface area contributed by atoms with E-state index in [1.807, 2.05) is 0 Å². The van der Waals surface area contributed by atoms with Crippen molar-refractivity contribution in [2.24, 2.45) is 5.73 Å². The molecule has 1 aliphatic rings. The van der Waals surface area contributed by atoms with E-state index in [0.717, 1.165) is 12.3 Å². The predicted octanol–water partition coefficient (Wildman–Crippen LogP) is -1.32. The molecule has 0 saturated carbocycles. The molecular formula is C8H15N3O2S.